The zero-order chi connectivity index (χ0) is 17.8. The first-order chi connectivity index (χ1) is 12.1. The topological polar surface area (TPSA) is 101 Å². The highest BCUT2D eigenvalue weighted by atomic mass is 79.9. The Bertz CT molecular complexity index is 917. The number of aromatic nitrogens is 3. The molecule has 10 heteroatoms. The molecule has 3 N–H and O–H groups in total. The maximum atomic E-state index is 14.2. The fourth-order valence-electron chi connectivity index (χ4n) is 2.11. The molecule has 3 aromatic rings. The van der Waals surface area contributed by atoms with E-state index in [4.69, 9.17) is 9.94 Å². The van der Waals surface area contributed by atoms with E-state index < -0.39 is 11.7 Å². The zero-order valence-corrected chi connectivity index (χ0v) is 14.3. The van der Waals surface area contributed by atoms with E-state index in [1.165, 1.54) is 24.7 Å². The van der Waals surface area contributed by atoms with Gasteiger partial charge in [0.2, 0.25) is 0 Å². The van der Waals surface area contributed by atoms with Crippen LogP contribution in [-0.4, -0.2) is 38.6 Å². The molecule has 0 aliphatic rings. The van der Waals surface area contributed by atoms with Crippen molar-refractivity contribution in [1.29, 1.82) is 0 Å². The summed E-state index contributed by atoms with van der Waals surface area (Å²) >= 11 is 3.19. The number of carbonyl (C=O) groups excluding carboxylic acids is 1. The van der Waals surface area contributed by atoms with Crippen molar-refractivity contribution in [2.24, 2.45) is 0 Å². The SMILES string of the molecule is O=C(NOCCO)c1ncc2cncn2c1Nc1ccc(Br)cc1F. The van der Waals surface area contributed by atoms with E-state index in [9.17, 15) is 9.18 Å². The molecule has 1 aromatic carbocycles. The molecule has 0 bridgehead atoms. The van der Waals surface area contributed by atoms with Crippen LogP contribution in [0.2, 0.25) is 0 Å². The summed E-state index contributed by atoms with van der Waals surface area (Å²) in [5.41, 5.74) is 2.93. The Morgan fingerprint density at radius 1 is 1.40 bits per heavy atom. The molecule has 0 saturated carbocycles. The number of hydroxylamine groups is 1. The van der Waals surface area contributed by atoms with E-state index in [1.54, 1.807) is 16.7 Å². The van der Waals surface area contributed by atoms with Crippen LogP contribution in [-0.2, 0) is 4.84 Å². The number of nitrogens with zero attached hydrogens (tertiary/aromatic N) is 3. The van der Waals surface area contributed by atoms with Crippen molar-refractivity contribution in [1.82, 2.24) is 19.8 Å². The maximum absolute atomic E-state index is 14.2. The highest BCUT2D eigenvalue weighted by molar-refractivity contribution is 9.10. The van der Waals surface area contributed by atoms with E-state index in [1.807, 2.05) is 0 Å². The van der Waals surface area contributed by atoms with Gasteiger partial charge in [-0.25, -0.2) is 19.8 Å². The van der Waals surface area contributed by atoms with Gasteiger partial charge in [0.25, 0.3) is 5.91 Å². The van der Waals surface area contributed by atoms with Gasteiger partial charge in [-0.05, 0) is 18.2 Å². The van der Waals surface area contributed by atoms with Crippen molar-refractivity contribution in [3.63, 3.8) is 0 Å². The van der Waals surface area contributed by atoms with Crippen molar-refractivity contribution in [3.8, 4) is 0 Å². The van der Waals surface area contributed by atoms with E-state index >= 15 is 0 Å². The number of carbonyl (C=O) groups is 1. The lowest BCUT2D eigenvalue weighted by atomic mass is 10.3. The van der Waals surface area contributed by atoms with Gasteiger partial charge in [0.05, 0.1) is 36.8 Å². The fourth-order valence-corrected chi connectivity index (χ4v) is 2.44. The Morgan fingerprint density at radius 3 is 3.00 bits per heavy atom. The average Bonchev–Trinajstić information content (AvgIpc) is 3.06. The second kappa shape index (κ2) is 7.55. The Morgan fingerprint density at radius 2 is 2.24 bits per heavy atom. The van der Waals surface area contributed by atoms with E-state index in [0.717, 1.165) is 0 Å². The van der Waals surface area contributed by atoms with Gasteiger partial charge in [0.1, 0.15) is 18.0 Å². The molecular weight excluding hydrogens is 397 g/mol. The predicted molar refractivity (Wildman–Crippen MR) is 90.9 cm³/mol. The third kappa shape index (κ3) is 3.76. The molecule has 1 amide bonds. The molecule has 0 spiro atoms. The minimum atomic E-state index is -0.649. The average molecular weight is 410 g/mol. The lowest BCUT2D eigenvalue weighted by Crippen LogP contribution is -2.27. The fraction of sp³-hybridized carbons (Fsp3) is 0.133. The molecule has 0 atom stereocenters. The number of nitrogens with one attached hydrogen (secondary N) is 2. The molecule has 0 saturated heterocycles. The Hall–Kier alpha value is -2.56. The number of rotatable bonds is 6. The normalized spacial score (nSPS) is 10.8. The number of hydrogen-bond acceptors (Lipinski definition) is 6. The number of imidazole rings is 1. The smallest absolute Gasteiger partial charge is 0.297 e. The van der Waals surface area contributed by atoms with Gasteiger partial charge in [-0.2, -0.15) is 0 Å². The Balaban J connectivity index is 2.00. The van der Waals surface area contributed by atoms with Crippen LogP contribution in [0.5, 0.6) is 0 Å². The van der Waals surface area contributed by atoms with Gasteiger partial charge in [0, 0.05) is 4.47 Å². The molecule has 0 unspecified atom stereocenters. The summed E-state index contributed by atoms with van der Waals surface area (Å²) in [6.45, 7) is -0.313. The number of anilines is 2. The molecule has 2 aromatic heterocycles. The van der Waals surface area contributed by atoms with Crippen molar-refractivity contribution in [2.45, 2.75) is 0 Å². The van der Waals surface area contributed by atoms with Gasteiger partial charge < -0.3 is 10.4 Å². The lowest BCUT2D eigenvalue weighted by molar-refractivity contribution is 0.0165. The number of aliphatic hydroxyl groups excluding tert-OH is 1. The molecule has 0 radical (unpaired) electrons. The van der Waals surface area contributed by atoms with Crippen molar-refractivity contribution >= 4 is 38.9 Å². The number of amides is 1. The monoisotopic (exact) mass is 409 g/mol. The first-order valence-electron chi connectivity index (χ1n) is 7.16. The van der Waals surface area contributed by atoms with Gasteiger partial charge in [-0.3, -0.25) is 14.0 Å². The van der Waals surface area contributed by atoms with Crippen LogP contribution in [0.1, 0.15) is 10.5 Å². The minimum absolute atomic E-state index is 0.0224. The van der Waals surface area contributed by atoms with Crippen molar-refractivity contribution in [3.05, 3.63) is 52.9 Å². The summed E-state index contributed by atoms with van der Waals surface area (Å²) in [5.74, 6) is -0.931. The van der Waals surface area contributed by atoms with E-state index in [0.29, 0.717) is 9.99 Å². The molecule has 25 heavy (non-hydrogen) atoms. The summed E-state index contributed by atoms with van der Waals surface area (Å²) in [5, 5.41) is 11.6. The van der Waals surface area contributed by atoms with Gasteiger partial charge >= 0.3 is 0 Å². The van der Waals surface area contributed by atoms with E-state index in [-0.39, 0.29) is 30.4 Å². The van der Waals surface area contributed by atoms with Crippen LogP contribution in [0.4, 0.5) is 15.9 Å². The quantitative estimate of drug-likeness (QED) is 0.425. The summed E-state index contributed by atoms with van der Waals surface area (Å²) in [7, 11) is 0. The van der Waals surface area contributed by atoms with Crippen molar-refractivity contribution < 1.29 is 19.1 Å². The standard InChI is InChI=1S/C15H13BrFN5O3/c16-9-1-2-12(11(17)5-9)20-14-13(15(24)21-25-4-3-23)19-7-10-6-18-8-22(10)14/h1-2,5-8,20,23H,3-4H2,(H,21,24). The zero-order valence-electron chi connectivity index (χ0n) is 12.7. The summed E-state index contributed by atoms with van der Waals surface area (Å²) < 4.78 is 16.3. The van der Waals surface area contributed by atoms with Crippen LogP contribution in [0.25, 0.3) is 5.52 Å². The molecule has 8 nitrogen and oxygen atoms in total. The van der Waals surface area contributed by atoms with Crippen LogP contribution < -0.4 is 10.8 Å². The maximum Gasteiger partial charge on any atom is 0.297 e. The summed E-state index contributed by atoms with van der Waals surface area (Å²) in [4.78, 5) is 25.2. The lowest BCUT2D eigenvalue weighted by Gasteiger charge is -2.14. The number of fused-ring (bicyclic) bond motifs is 1. The second-order valence-corrected chi connectivity index (χ2v) is 5.81. The first kappa shape index (κ1) is 17.3. The highest BCUT2D eigenvalue weighted by Crippen LogP contribution is 2.25. The van der Waals surface area contributed by atoms with Crippen LogP contribution in [0.15, 0.2) is 41.4 Å². The third-order valence-electron chi connectivity index (χ3n) is 3.22. The Kier molecular flexibility index (Phi) is 5.22. The number of aliphatic hydroxyl groups is 1. The highest BCUT2D eigenvalue weighted by Gasteiger charge is 2.18. The van der Waals surface area contributed by atoms with Crippen LogP contribution >= 0.6 is 15.9 Å². The summed E-state index contributed by atoms with van der Waals surface area (Å²) in [6.07, 6.45) is 4.48. The number of halogens is 2. The van der Waals surface area contributed by atoms with Gasteiger partial charge in [0.15, 0.2) is 5.69 Å². The number of benzene rings is 1. The minimum Gasteiger partial charge on any atom is -0.394 e. The van der Waals surface area contributed by atoms with Crippen molar-refractivity contribution in [2.75, 3.05) is 18.5 Å². The van der Waals surface area contributed by atoms with Gasteiger partial charge in [-0.1, -0.05) is 15.9 Å². The summed E-state index contributed by atoms with van der Waals surface area (Å²) in [6, 6.07) is 4.49. The van der Waals surface area contributed by atoms with Crippen LogP contribution in [0, 0.1) is 5.82 Å². The third-order valence-corrected chi connectivity index (χ3v) is 3.71. The number of hydrogen-bond donors (Lipinski definition) is 3. The van der Waals surface area contributed by atoms with E-state index in [2.05, 4.69) is 36.7 Å². The molecular formula is C15H13BrFN5O3. The predicted octanol–water partition coefficient (Wildman–Crippen LogP) is 2.03. The Labute approximate surface area is 149 Å². The molecule has 130 valence electrons. The molecule has 2 heterocycles. The molecule has 0 aliphatic heterocycles. The second-order valence-electron chi connectivity index (χ2n) is 4.90. The molecule has 3 rings (SSSR count). The molecule has 0 fully saturated rings. The van der Waals surface area contributed by atoms with Crippen LogP contribution in [0.3, 0.4) is 0 Å². The largest absolute Gasteiger partial charge is 0.394 e. The molecule has 0 aliphatic carbocycles. The van der Waals surface area contributed by atoms with Gasteiger partial charge in [-0.15, -0.1) is 0 Å². The first-order valence-corrected chi connectivity index (χ1v) is 7.95.